The molecule has 0 unspecified atom stereocenters. The van der Waals surface area contributed by atoms with Crippen molar-refractivity contribution in [3.63, 3.8) is 0 Å². The molecule has 138 valence electrons. The quantitative estimate of drug-likeness (QED) is 0.730. The minimum atomic E-state index is 0.0662. The zero-order valence-electron chi connectivity index (χ0n) is 15.1. The van der Waals surface area contributed by atoms with Crippen molar-refractivity contribution in [2.24, 2.45) is 0 Å². The molecule has 4 nitrogen and oxygen atoms in total. The Morgan fingerprint density at radius 3 is 2.52 bits per heavy atom. The van der Waals surface area contributed by atoms with Crippen molar-refractivity contribution in [1.82, 2.24) is 0 Å². The van der Waals surface area contributed by atoms with E-state index in [4.69, 9.17) is 11.6 Å². The van der Waals surface area contributed by atoms with E-state index in [0.717, 1.165) is 48.0 Å². The molecular weight excluding hydrogens is 358 g/mol. The first kappa shape index (κ1) is 17.8. The molecule has 27 heavy (non-hydrogen) atoms. The number of fused-ring (bicyclic) bond motifs is 1. The molecular formula is C22H23ClN3O+. The van der Waals surface area contributed by atoms with Crippen LogP contribution < -0.4 is 15.1 Å². The lowest BCUT2D eigenvalue weighted by Crippen LogP contribution is -3.15. The standard InChI is InChI=1S/C22H22ClN3O/c23-19-6-3-7-21(15-19)26-12-10-25(11-13-26)16-22(27)24-20-9-8-17-4-1-2-5-18(17)14-20/h1-9,14-15H,10-13,16H2,(H,24,27)/p+1. The first-order valence-electron chi connectivity index (χ1n) is 9.30. The monoisotopic (exact) mass is 380 g/mol. The maximum atomic E-state index is 12.4. The van der Waals surface area contributed by atoms with Crippen LogP contribution in [0.2, 0.25) is 5.02 Å². The van der Waals surface area contributed by atoms with E-state index in [1.807, 2.05) is 48.5 Å². The molecule has 3 aromatic carbocycles. The maximum absolute atomic E-state index is 12.4. The molecule has 0 aliphatic carbocycles. The zero-order valence-corrected chi connectivity index (χ0v) is 15.9. The van der Waals surface area contributed by atoms with Gasteiger partial charge >= 0.3 is 0 Å². The van der Waals surface area contributed by atoms with E-state index in [1.165, 1.54) is 10.3 Å². The third-order valence-corrected chi connectivity index (χ3v) is 5.32. The van der Waals surface area contributed by atoms with Crippen LogP contribution in [0, 0.1) is 0 Å². The van der Waals surface area contributed by atoms with Gasteiger partial charge in [-0.25, -0.2) is 0 Å². The molecule has 1 aliphatic rings. The van der Waals surface area contributed by atoms with E-state index in [1.54, 1.807) is 0 Å². The molecule has 3 aromatic rings. The highest BCUT2D eigenvalue weighted by Gasteiger charge is 2.22. The number of quaternary nitrogens is 1. The molecule has 0 atom stereocenters. The number of hydrogen-bond donors (Lipinski definition) is 2. The number of carbonyl (C=O) groups excluding carboxylic acids is 1. The van der Waals surface area contributed by atoms with Gasteiger partial charge in [-0.3, -0.25) is 4.79 Å². The molecule has 0 spiro atoms. The molecule has 5 heteroatoms. The topological polar surface area (TPSA) is 36.8 Å². The Morgan fingerprint density at radius 1 is 0.963 bits per heavy atom. The van der Waals surface area contributed by atoms with E-state index in [0.29, 0.717) is 6.54 Å². The molecule has 1 saturated heterocycles. The summed E-state index contributed by atoms with van der Waals surface area (Å²) in [6, 6.07) is 22.2. The highest BCUT2D eigenvalue weighted by Crippen LogP contribution is 2.20. The fourth-order valence-corrected chi connectivity index (χ4v) is 3.81. The summed E-state index contributed by atoms with van der Waals surface area (Å²) in [6.45, 7) is 4.24. The van der Waals surface area contributed by atoms with Gasteiger partial charge in [0.25, 0.3) is 5.91 Å². The summed E-state index contributed by atoms with van der Waals surface area (Å²) in [5, 5.41) is 6.12. The number of amides is 1. The first-order valence-corrected chi connectivity index (χ1v) is 9.68. The molecule has 1 amide bonds. The summed E-state index contributed by atoms with van der Waals surface area (Å²) >= 11 is 6.09. The number of hydrogen-bond acceptors (Lipinski definition) is 2. The van der Waals surface area contributed by atoms with Crippen molar-refractivity contribution >= 4 is 39.7 Å². The van der Waals surface area contributed by atoms with Gasteiger partial charge in [-0.1, -0.05) is 48.0 Å². The summed E-state index contributed by atoms with van der Waals surface area (Å²) < 4.78 is 0. The van der Waals surface area contributed by atoms with Crippen LogP contribution in [0.1, 0.15) is 0 Å². The minimum absolute atomic E-state index is 0.0662. The van der Waals surface area contributed by atoms with Gasteiger partial charge < -0.3 is 15.1 Å². The number of nitrogens with zero attached hydrogens (tertiary/aromatic N) is 1. The van der Waals surface area contributed by atoms with Crippen molar-refractivity contribution in [2.45, 2.75) is 0 Å². The predicted molar refractivity (Wildman–Crippen MR) is 112 cm³/mol. The molecule has 0 aromatic heterocycles. The summed E-state index contributed by atoms with van der Waals surface area (Å²) in [6.07, 6.45) is 0. The Hall–Kier alpha value is -2.56. The number of halogens is 1. The van der Waals surface area contributed by atoms with E-state index >= 15 is 0 Å². The van der Waals surface area contributed by atoms with Crippen LogP contribution in [0.25, 0.3) is 10.8 Å². The van der Waals surface area contributed by atoms with Crippen molar-refractivity contribution in [2.75, 3.05) is 42.9 Å². The van der Waals surface area contributed by atoms with Gasteiger partial charge in [0, 0.05) is 16.4 Å². The SMILES string of the molecule is O=C(C[NH+]1CCN(c2cccc(Cl)c2)CC1)Nc1ccc2ccccc2c1. The molecule has 0 bridgehead atoms. The van der Waals surface area contributed by atoms with E-state index in [2.05, 4.69) is 28.4 Å². The summed E-state index contributed by atoms with van der Waals surface area (Å²) in [5.41, 5.74) is 2.01. The van der Waals surface area contributed by atoms with Crippen molar-refractivity contribution in [3.8, 4) is 0 Å². The number of rotatable bonds is 4. The molecule has 1 heterocycles. The maximum Gasteiger partial charge on any atom is 0.279 e. The Balaban J connectivity index is 1.31. The lowest BCUT2D eigenvalue weighted by molar-refractivity contribution is -0.892. The van der Waals surface area contributed by atoms with Crippen molar-refractivity contribution < 1.29 is 9.69 Å². The Morgan fingerprint density at radius 2 is 1.74 bits per heavy atom. The molecule has 1 fully saturated rings. The first-order chi connectivity index (χ1) is 13.2. The van der Waals surface area contributed by atoms with Crippen molar-refractivity contribution in [1.29, 1.82) is 0 Å². The van der Waals surface area contributed by atoms with Gasteiger partial charge in [0.1, 0.15) is 0 Å². The number of piperazine rings is 1. The average molecular weight is 381 g/mol. The summed E-state index contributed by atoms with van der Waals surface area (Å²) in [7, 11) is 0. The third-order valence-electron chi connectivity index (χ3n) is 5.09. The number of nitrogens with one attached hydrogen (secondary N) is 2. The van der Waals surface area contributed by atoms with Gasteiger partial charge in [0.05, 0.1) is 26.2 Å². The lowest BCUT2D eigenvalue weighted by atomic mass is 10.1. The molecule has 0 saturated carbocycles. The van der Waals surface area contributed by atoms with Crippen LogP contribution >= 0.6 is 11.6 Å². The number of anilines is 2. The Kier molecular flexibility index (Phi) is 5.28. The van der Waals surface area contributed by atoms with Crippen LogP contribution in [0.4, 0.5) is 11.4 Å². The lowest BCUT2D eigenvalue weighted by Gasteiger charge is -2.33. The molecule has 0 radical (unpaired) electrons. The summed E-state index contributed by atoms with van der Waals surface area (Å²) in [4.78, 5) is 16.1. The smallest absolute Gasteiger partial charge is 0.279 e. The number of benzene rings is 3. The zero-order chi connectivity index (χ0) is 18.6. The molecule has 2 N–H and O–H groups in total. The minimum Gasteiger partial charge on any atom is -0.360 e. The van der Waals surface area contributed by atoms with E-state index in [-0.39, 0.29) is 5.91 Å². The number of carbonyl (C=O) groups is 1. The van der Waals surface area contributed by atoms with Gasteiger partial charge in [0.15, 0.2) is 6.54 Å². The molecule has 4 rings (SSSR count). The van der Waals surface area contributed by atoms with Gasteiger partial charge in [-0.2, -0.15) is 0 Å². The summed E-state index contributed by atoms with van der Waals surface area (Å²) in [5.74, 6) is 0.0662. The normalized spacial score (nSPS) is 15.1. The van der Waals surface area contributed by atoms with E-state index in [9.17, 15) is 4.79 Å². The van der Waals surface area contributed by atoms with Crippen LogP contribution in [-0.4, -0.2) is 38.6 Å². The fourth-order valence-electron chi connectivity index (χ4n) is 3.63. The van der Waals surface area contributed by atoms with Gasteiger partial charge in [0.2, 0.25) is 0 Å². The van der Waals surface area contributed by atoms with Crippen LogP contribution in [0.15, 0.2) is 66.7 Å². The molecule has 1 aliphatic heterocycles. The highest BCUT2D eigenvalue weighted by atomic mass is 35.5. The highest BCUT2D eigenvalue weighted by molar-refractivity contribution is 6.30. The second-order valence-corrected chi connectivity index (χ2v) is 7.44. The second-order valence-electron chi connectivity index (χ2n) is 7.00. The average Bonchev–Trinajstić information content (AvgIpc) is 2.68. The predicted octanol–water partition coefficient (Wildman–Crippen LogP) is 2.84. The van der Waals surface area contributed by atoms with Crippen LogP contribution in [-0.2, 0) is 4.79 Å². The second kappa shape index (κ2) is 7.99. The van der Waals surface area contributed by atoms with Gasteiger partial charge in [-0.05, 0) is 41.1 Å². The van der Waals surface area contributed by atoms with Gasteiger partial charge in [-0.15, -0.1) is 0 Å². The fraction of sp³-hybridized carbons (Fsp3) is 0.227. The Bertz CT molecular complexity index is 951. The largest absolute Gasteiger partial charge is 0.360 e. The Labute approximate surface area is 164 Å². The third kappa shape index (κ3) is 4.41. The van der Waals surface area contributed by atoms with E-state index < -0.39 is 0 Å². The van der Waals surface area contributed by atoms with Crippen molar-refractivity contribution in [3.05, 3.63) is 71.8 Å². The van der Waals surface area contributed by atoms with Crippen LogP contribution in [0.3, 0.4) is 0 Å². The van der Waals surface area contributed by atoms with Crippen LogP contribution in [0.5, 0.6) is 0 Å².